The molecular formula is C21H23FN4O3S. The average Bonchev–Trinajstić information content (AvgIpc) is 3.21. The number of anilines is 2. The second-order valence-corrected chi connectivity index (χ2v) is 7.80. The van der Waals surface area contributed by atoms with Crippen LogP contribution in [-0.4, -0.2) is 22.0 Å². The molecule has 0 saturated carbocycles. The number of aromatic amines is 1. The van der Waals surface area contributed by atoms with E-state index in [0.29, 0.717) is 17.8 Å². The van der Waals surface area contributed by atoms with E-state index in [1.807, 2.05) is 6.92 Å². The van der Waals surface area contributed by atoms with Gasteiger partial charge in [0.2, 0.25) is 0 Å². The number of carbonyl (C=O) groups excluding carboxylic acids is 1. The average molecular weight is 431 g/mol. The Morgan fingerprint density at radius 1 is 1.17 bits per heavy atom. The van der Waals surface area contributed by atoms with Crippen molar-refractivity contribution >= 4 is 28.7 Å². The summed E-state index contributed by atoms with van der Waals surface area (Å²) in [5.74, 6) is -0.756. The Hall–Kier alpha value is -3.20. The summed E-state index contributed by atoms with van der Waals surface area (Å²) in [6, 6.07) is 9.42. The van der Waals surface area contributed by atoms with E-state index in [2.05, 4.69) is 4.98 Å². The monoisotopic (exact) mass is 430 g/mol. The van der Waals surface area contributed by atoms with Gasteiger partial charge in [0.25, 0.3) is 11.5 Å². The lowest BCUT2D eigenvalue weighted by molar-refractivity contribution is 0.0992. The van der Waals surface area contributed by atoms with Crippen molar-refractivity contribution in [3.63, 3.8) is 0 Å². The number of benzene rings is 1. The number of aromatic nitrogens is 2. The molecule has 0 aliphatic carbocycles. The Kier molecular flexibility index (Phi) is 6.51. The Morgan fingerprint density at radius 2 is 1.87 bits per heavy atom. The normalized spacial score (nSPS) is 10.9. The number of nitrogen functional groups attached to an aromatic ring is 1. The van der Waals surface area contributed by atoms with Gasteiger partial charge in [-0.25, -0.2) is 9.18 Å². The molecule has 7 nitrogen and oxygen atoms in total. The predicted molar refractivity (Wildman–Crippen MR) is 118 cm³/mol. The minimum atomic E-state index is -0.698. The van der Waals surface area contributed by atoms with Crippen molar-refractivity contribution in [1.29, 1.82) is 0 Å². The summed E-state index contributed by atoms with van der Waals surface area (Å²) in [6.45, 7) is 4.25. The fourth-order valence-electron chi connectivity index (χ4n) is 3.13. The van der Waals surface area contributed by atoms with Gasteiger partial charge >= 0.3 is 5.69 Å². The number of hydrogen-bond donors (Lipinski definition) is 2. The third kappa shape index (κ3) is 4.20. The molecule has 3 rings (SSSR count). The van der Waals surface area contributed by atoms with Gasteiger partial charge < -0.3 is 10.6 Å². The molecule has 1 aromatic carbocycles. The summed E-state index contributed by atoms with van der Waals surface area (Å²) in [5.41, 5.74) is 5.61. The molecule has 0 aliphatic rings. The number of H-pyrrole nitrogens is 1. The molecule has 0 spiro atoms. The maximum Gasteiger partial charge on any atom is 0.330 e. The third-order valence-corrected chi connectivity index (χ3v) is 5.85. The Bertz CT molecular complexity index is 1160. The first-order valence-corrected chi connectivity index (χ1v) is 10.5. The number of nitrogens with two attached hydrogens (primary N) is 1. The van der Waals surface area contributed by atoms with Crippen molar-refractivity contribution in [3.8, 4) is 10.4 Å². The van der Waals surface area contributed by atoms with Crippen LogP contribution < -0.4 is 21.9 Å². The van der Waals surface area contributed by atoms with Crippen LogP contribution >= 0.6 is 11.3 Å². The number of nitrogens with one attached hydrogen (secondary N) is 1. The summed E-state index contributed by atoms with van der Waals surface area (Å²) in [7, 11) is 0. The lowest BCUT2D eigenvalue weighted by atomic mass is 10.2. The zero-order valence-corrected chi connectivity index (χ0v) is 17.6. The van der Waals surface area contributed by atoms with E-state index in [0.717, 1.165) is 16.9 Å². The van der Waals surface area contributed by atoms with Crippen LogP contribution in [0.3, 0.4) is 0 Å². The highest BCUT2D eigenvalue weighted by molar-refractivity contribution is 7.17. The Labute approximate surface area is 176 Å². The predicted octanol–water partition coefficient (Wildman–Crippen LogP) is 3.45. The fraction of sp³-hybridized carbons (Fsp3) is 0.286. The van der Waals surface area contributed by atoms with Crippen molar-refractivity contribution in [2.45, 2.75) is 33.2 Å². The fourth-order valence-corrected chi connectivity index (χ4v) is 4.10. The number of amides is 1. The second-order valence-electron chi connectivity index (χ2n) is 6.72. The lowest BCUT2D eigenvalue weighted by Gasteiger charge is -2.22. The van der Waals surface area contributed by atoms with Crippen LogP contribution in [0.4, 0.5) is 15.9 Å². The summed E-state index contributed by atoms with van der Waals surface area (Å²) in [5, 5.41) is 0. The molecule has 3 aromatic rings. The van der Waals surface area contributed by atoms with E-state index >= 15 is 0 Å². The van der Waals surface area contributed by atoms with Crippen molar-refractivity contribution in [3.05, 3.63) is 67.9 Å². The van der Waals surface area contributed by atoms with Crippen LogP contribution in [0.25, 0.3) is 10.4 Å². The highest BCUT2D eigenvalue weighted by atomic mass is 32.1. The second kappa shape index (κ2) is 9.08. The first-order chi connectivity index (χ1) is 14.4. The number of unbranched alkanes of at least 4 members (excludes halogenated alkanes) is 1. The smallest absolute Gasteiger partial charge is 0.330 e. The summed E-state index contributed by atoms with van der Waals surface area (Å²) in [4.78, 5) is 42.6. The van der Waals surface area contributed by atoms with Crippen LogP contribution in [0.1, 0.15) is 36.4 Å². The molecule has 3 N–H and O–H groups in total. The standard InChI is InChI=1S/C21H23FN4O3S/c1-3-5-12-26-18(23)17(19(27)24-21(26)29)25(4-2)20(28)16-11-10-15(30-16)13-6-8-14(22)9-7-13/h6-11H,3-5,12,23H2,1-2H3,(H,24,27,29). The Morgan fingerprint density at radius 3 is 2.50 bits per heavy atom. The molecule has 0 atom stereocenters. The lowest BCUT2D eigenvalue weighted by Crippen LogP contribution is -2.41. The molecule has 9 heteroatoms. The highest BCUT2D eigenvalue weighted by Crippen LogP contribution is 2.30. The molecule has 0 radical (unpaired) electrons. The van der Waals surface area contributed by atoms with Crippen LogP contribution in [0.15, 0.2) is 46.0 Å². The zero-order chi connectivity index (χ0) is 21.8. The number of rotatable bonds is 7. The van der Waals surface area contributed by atoms with Crippen LogP contribution in [-0.2, 0) is 6.54 Å². The van der Waals surface area contributed by atoms with E-state index in [1.165, 1.54) is 32.9 Å². The molecule has 2 heterocycles. The summed E-state index contributed by atoms with van der Waals surface area (Å²) in [6.07, 6.45) is 1.56. The molecule has 0 fully saturated rings. The largest absolute Gasteiger partial charge is 0.383 e. The van der Waals surface area contributed by atoms with E-state index in [9.17, 15) is 18.8 Å². The first kappa shape index (κ1) is 21.5. The van der Waals surface area contributed by atoms with Crippen molar-refractivity contribution in [2.24, 2.45) is 0 Å². The van der Waals surface area contributed by atoms with Crippen molar-refractivity contribution in [1.82, 2.24) is 9.55 Å². The molecule has 0 aliphatic heterocycles. The Balaban J connectivity index is 1.99. The molecule has 158 valence electrons. The van der Waals surface area contributed by atoms with Gasteiger partial charge in [-0.3, -0.25) is 19.1 Å². The summed E-state index contributed by atoms with van der Waals surface area (Å²) >= 11 is 1.24. The van der Waals surface area contributed by atoms with Gasteiger partial charge in [0.1, 0.15) is 11.6 Å². The molecule has 0 bridgehead atoms. The molecule has 0 unspecified atom stereocenters. The number of halogens is 1. The van der Waals surface area contributed by atoms with Gasteiger partial charge in [0.05, 0.1) is 4.88 Å². The van der Waals surface area contributed by atoms with E-state index in [-0.39, 0.29) is 23.9 Å². The molecule has 0 saturated heterocycles. The minimum Gasteiger partial charge on any atom is -0.383 e. The molecule has 2 aromatic heterocycles. The van der Waals surface area contributed by atoms with Crippen molar-refractivity contribution in [2.75, 3.05) is 17.2 Å². The topological polar surface area (TPSA) is 101 Å². The number of hydrogen-bond acceptors (Lipinski definition) is 5. The number of thiophene rings is 1. The van der Waals surface area contributed by atoms with Gasteiger partial charge in [-0.2, -0.15) is 0 Å². The zero-order valence-electron chi connectivity index (χ0n) is 16.8. The highest BCUT2D eigenvalue weighted by Gasteiger charge is 2.25. The molecule has 1 amide bonds. The SMILES string of the molecule is CCCCn1c(N)c(N(CC)C(=O)c2ccc(-c3ccc(F)cc3)s2)c(=O)[nH]c1=O. The summed E-state index contributed by atoms with van der Waals surface area (Å²) < 4.78 is 14.4. The van der Waals surface area contributed by atoms with E-state index in [1.54, 1.807) is 31.2 Å². The third-order valence-electron chi connectivity index (χ3n) is 4.73. The number of nitrogens with zero attached hydrogens (tertiary/aromatic N) is 2. The van der Waals surface area contributed by atoms with Crippen LogP contribution in [0.5, 0.6) is 0 Å². The quantitative estimate of drug-likeness (QED) is 0.599. The van der Waals surface area contributed by atoms with Gasteiger partial charge in [-0.05, 0) is 43.2 Å². The van der Waals surface area contributed by atoms with Gasteiger partial charge in [0.15, 0.2) is 5.69 Å². The van der Waals surface area contributed by atoms with Gasteiger partial charge in [0, 0.05) is 18.0 Å². The molecule has 30 heavy (non-hydrogen) atoms. The van der Waals surface area contributed by atoms with E-state index < -0.39 is 17.2 Å². The van der Waals surface area contributed by atoms with Gasteiger partial charge in [-0.15, -0.1) is 11.3 Å². The first-order valence-electron chi connectivity index (χ1n) is 9.67. The van der Waals surface area contributed by atoms with Gasteiger partial charge in [-0.1, -0.05) is 25.5 Å². The minimum absolute atomic E-state index is 0.0253. The van der Waals surface area contributed by atoms with Crippen LogP contribution in [0.2, 0.25) is 0 Å². The van der Waals surface area contributed by atoms with Crippen molar-refractivity contribution < 1.29 is 9.18 Å². The van der Waals surface area contributed by atoms with E-state index in [4.69, 9.17) is 5.73 Å². The van der Waals surface area contributed by atoms with Crippen LogP contribution in [0, 0.1) is 5.82 Å². The maximum absolute atomic E-state index is 13.2. The number of carbonyl (C=O) groups is 1. The maximum atomic E-state index is 13.2. The molecular weight excluding hydrogens is 407 g/mol.